The fourth-order valence-corrected chi connectivity index (χ4v) is 2.35. The molecular formula is C18H17N3O. The summed E-state index contributed by atoms with van der Waals surface area (Å²) in [5.41, 5.74) is 3.52. The van der Waals surface area contributed by atoms with Crippen LogP contribution >= 0.6 is 0 Å². The predicted octanol–water partition coefficient (Wildman–Crippen LogP) is 3.29. The molecule has 0 aliphatic carbocycles. The zero-order valence-corrected chi connectivity index (χ0v) is 12.9. The van der Waals surface area contributed by atoms with Crippen LogP contribution in [0.3, 0.4) is 0 Å². The van der Waals surface area contributed by atoms with Crippen molar-refractivity contribution in [3.63, 3.8) is 0 Å². The first-order chi connectivity index (χ1) is 10.6. The van der Waals surface area contributed by atoms with Crippen LogP contribution in [0.4, 0.5) is 0 Å². The predicted molar refractivity (Wildman–Crippen MR) is 89.5 cm³/mol. The Hall–Kier alpha value is -2.75. The number of hydrogen-bond acceptors (Lipinski definition) is 3. The summed E-state index contributed by atoms with van der Waals surface area (Å²) in [6, 6.07) is 15.4. The Morgan fingerprint density at radius 3 is 2.45 bits per heavy atom. The topological polar surface area (TPSA) is 47.2 Å². The smallest absolute Gasteiger partial charge is 0.267 e. The van der Waals surface area contributed by atoms with E-state index < -0.39 is 0 Å². The van der Waals surface area contributed by atoms with Crippen LogP contribution in [-0.4, -0.2) is 15.4 Å². The molecule has 4 heteroatoms. The number of aromatic nitrogens is 2. The van der Waals surface area contributed by atoms with E-state index in [1.807, 2.05) is 56.3 Å². The molecule has 22 heavy (non-hydrogen) atoms. The average molecular weight is 291 g/mol. The standard InChI is InChI=1S/C18H17N3O/c1-12-8-10-15(11-9-12)13(2)20-21-14(3)19-17-7-5-4-6-16(17)18(21)22/h4-11H,1-3H3/b20-13-. The van der Waals surface area contributed by atoms with E-state index in [-0.39, 0.29) is 5.56 Å². The highest BCUT2D eigenvalue weighted by Gasteiger charge is 2.07. The molecule has 0 amide bonds. The maximum absolute atomic E-state index is 12.6. The van der Waals surface area contributed by atoms with Gasteiger partial charge in [-0.3, -0.25) is 4.79 Å². The van der Waals surface area contributed by atoms with Gasteiger partial charge in [0.25, 0.3) is 5.56 Å². The Balaban J connectivity index is 2.16. The highest BCUT2D eigenvalue weighted by atomic mass is 16.1. The summed E-state index contributed by atoms with van der Waals surface area (Å²) in [6.07, 6.45) is 0. The maximum Gasteiger partial charge on any atom is 0.282 e. The van der Waals surface area contributed by atoms with Crippen LogP contribution in [0.2, 0.25) is 0 Å². The molecular weight excluding hydrogens is 274 g/mol. The first-order valence-electron chi connectivity index (χ1n) is 7.17. The first kappa shape index (κ1) is 14.2. The molecule has 110 valence electrons. The third-order valence-corrected chi connectivity index (χ3v) is 3.63. The summed E-state index contributed by atoms with van der Waals surface area (Å²) in [5, 5.41) is 5.04. The van der Waals surface area contributed by atoms with Gasteiger partial charge in [-0.05, 0) is 38.5 Å². The van der Waals surface area contributed by atoms with Gasteiger partial charge in [0.05, 0.1) is 16.6 Å². The fourth-order valence-electron chi connectivity index (χ4n) is 2.35. The van der Waals surface area contributed by atoms with Crippen LogP contribution in [0.5, 0.6) is 0 Å². The molecule has 0 unspecified atom stereocenters. The lowest BCUT2D eigenvalue weighted by Crippen LogP contribution is -2.21. The Bertz CT molecular complexity index is 921. The van der Waals surface area contributed by atoms with E-state index >= 15 is 0 Å². The van der Waals surface area contributed by atoms with Crippen molar-refractivity contribution in [3.8, 4) is 0 Å². The van der Waals surface area contributed by atoms with Crippen molar-refractivity contribution in [3.05, 3.63) is 75.8 Å². The van der Waals surface area contributed by atoms with Crippen LogP contribution in [0.1, 0.15) is 23.9 Å². The maximum atomic E-state index is 12.6. The van der Waals surface area contributed by atoms with Crippen LogP contribution < -0.4 is 5.56 Å². The quantitative estimate of drug-likeness (QED) is 0.680. The van der Waals surface area contributed by atoms with Crippen molar-refractivity contribution >= 4 is 16.6 Å². The fraction of sp³-hybridized carbons (Fsp3) is 0.167. The lowest BCUT2D eigenvalue weighted by molar-refractivity contribution is 0.766. The largest absolute Gasteiger partial charge is 0.282 e. The van der Waals surface area contributed by atoms with E-state index in [1.54, 1.807) is 13.0 Å². The van der Waals surface area contributed by atoms with Crippen LogP contribution in [-0.2, 0) is 0 Å². The highest BCUT2D eigenvalue weighted by molar-refractivity contribution is 5.98. The number of para-hydroxylation sites is 1. The van der Waals surface area contributed by atoms with Gasteiger partial charge in [0, 0.05) is 0 Å². The van der Waals surface area contributed by atoms with Gasteiger partial charge >= 0.3 is 0 Å². The van der Waals surface area contributed by atoms with Gasteiger partial charge < -0.3 is 0 Å². The molecule has 0 N–H and O–H groups in total. The zero-order valence-electron chi connectivity index (χ0n) is 12.9. The molecule has 0 saturated heterocycles. The van der Waals surface area contributed by atoms with E-state index in [4.69, 9.17) is 0 Å². The Morgan fingerprint density at radius 1 is 1.05 bits per heavy atom. The molecule has 1 aromatic heterocycles. The summed E-state index contributed by atoms with van der Waals surface area (Å²) >= 11 is 0. The molecule has 0 atom stereocenters. The normalized spacial score (nSPS) is 11.9. The Kier molecular flexibility index (Phi) is 3.59. The Labute approximate surface area is 128 Å². The van der Waals surface area contributed by atoms with Gasteiger partial charge in [-0.25, -0.2) is 4.98 Å². The SMILES string of the molecule is C/C(=N/n1c(C)nc2ccccc2c1=O)c1ccc(C)cc1. The van der Waals surface area contributed by atoms with E-state index in [9.17, 15) is 4.79 Å². The number of hydrogen-bond donors (Lipinski definition) is 0. The van der Waals surface area contributed by atoms with E-state index in [2.05, 4.69) is 10.1 Å². The molecule has 3 rings (SSSR count). The van der Waals surface area contributed by atoms with Crippen LogP contribution in [0, 0.1) is 13.8 Å². The van der Waals surface area contributed by atoms with Crippen molar-refractivity contribution in [2.45, 2.75) is 20.8 Å². The van der Waals surface area contributed by atoms with Gasteiger partial charge in [0.2, 0.25) is 0 Å². The number of benzene rings is 2. The van der Waals surface area contributed by atoms with E-state index in [0.717, 1.165) is 11.3 Å². The molecule has 0 aliphatic heterocycles. The van der Waals surface area contributed by atoms with Crippen molar-refractivity contribution in [1.29, 1.82) is 0 Å². The van der Waals surface area contributed by atoms with Gasteiger partial charge in [0.1, 0.15) is 5.82 Å². The second kappa shape index (κ2) is 5.56. The minimum absolute atomic E-state index is 0.144. The number of aryl methyl sites for hydroxylation is 2. The lowest BCUT2D eigenvalue weighted by Gasteiger charge is -2.07. The van der Waals surface area contributed by atoms with Gasteiger partial charge in [-0.2, -0.15) is 9.78 Å². The first-order valence-corrected chi connectivity index (χ1v) is 7.17. The summed E-state index contributed by atoms with van der Waals surface area (Å²) in [7, 11) is 0. The van der Waals surface area contributed by atoms with Crippen molar-refractivity contribution in [2.75, 3.05) is 0 Å². The molecule has 0 spiro atoms. The molecule has 2 aromatic carbocycles. The third kappa shape index (κ3) is 2.55. The minimum Gasteiger partial charge on any atom is -0.267 e. The Morgan fingerprint density at radius 2 is 1.73 bits per heavy atom. The molecule has 1 heterocycles. The van der Waals surface area contributed by atoms with Gasteiger partial charge in [-0.1, -0.05) is 42.0 Å². The van der Waals surface area contributed by atoms with Gasteiger partial charge in [0.15, 0.2) is 0 Å². The van der Waals surface area contributed by atoms with Crippen LogP contribution in [0.15, 0.2) is 58.4 Å². The summed E-state index contributed by atoms with van der Waals surface area (Å²) in [4.78, 5) is 17.0. The average Bonchev–Trinajstić information content (AvgIpc) is 2.52. The summed E-state index contributed by atoms with van der Waals surface area (Å²) < 4.78 is 1.37. The molecule has 0 saturated carbocycles. The van der Waals surface area contributed by atoms with Crippen LogP contribution in [0.25, 0.3) is 10.9 Å². The summed E-state index contributed by atoms with van der Waals surface area (Å²) in [5.74, 6) is 0.579. The second-order valence-electron chi connectivity index (χ2n) is 5.34. The monoisotopic (exact) mass is 291 g/mol. The summed E-state index contributed by atoms with van der Waals surface area (Å²) in [6.45, 7) is 5.73. The van der Waals surface area contributed by atoms with Crippen molar-refractivity contribution < 1.29 is 0 Å². The van der Waals surface area contributed by atoms with E-state index in [0.29, 0.717) is 16.7 Å². The van der Waals surface area contributed by atoms with Crippen molar-refractivity contribution in [2.24, 2.45) is 5.10 Å². The molecule has 0 bridgehead atoms. The molecule has 3 aromatic rings. The lowest BCUT2D eigenvalue weighted by atomic mass is 10.1. The molecule has 0 aliphatic rings. The third-order valence-electron chi connectivity index (χ3n) is 3.63. The molecule has 0 radical (unpaired) electrons. The van der Waals surface area contributed by atoms with E-state index in [1.165, 1.54) is 10.2 Å². The number of nitrogens with zero attached hydrogens (tertiary/aromatic N) is 3. The number of rotatable bonds is 2. The minimum atomic E-state index is -0.144. The molecule has 4 nitrogen and oxygen atoms in total. The molecule has 0 fully saturated rings. The van der Waals surface area contributed by atoms with Gasteiger partial charge in [-0.15, -0.1) is 0 Å². The highest BCUT2D eigenvalue weighted by Crippen LogP contribution is 2.09. The van der Waals surface area contributed by atoms with Crippen molar-refractivity contribution in [1.82, 2.24) is 9.66 Å². The number of fused-ring (bicyclic) bond motifs is 1. The zero-order chi connectivity index (χ0) is 15.7. The second-order valence-corrected chi connectivity index (χ2v) is 5.34.